The highest BCUT2D eigenvalue weighted by atomic mass is 35.5. The molecule has 1 aliphatic heterocycles. The molecule has 1 fully saturated rings. The molecule has 7 heteroatoms. The molecule has 1 atom stereocenters. The van der Waals surface area contributed by atoms with E-state index in [1.165, 1.54) is 0 Å². The number of nitrogens with one attached hydrogen (secondary N) is 2. The second-order valence-corrected chi connectivity index (χ2v) is 7.03. The van der Waals surface area contributed by atoms with Gasteiger partial charge in [0.05, 0.1) is 16.5 Å². The smallest absolute Gasteiger partial charge is 0.271 e. The van der Waals surface area contributed by atoms with E-state index in [0.29, 0.717) is 5.02 Å². The van der Waals surface area contributed by atoms with Crippen molar-refractivity contribution in [1.82, 2.24) is 10.9 Å². The Morgan fingerprint density at radius 2 is 1.85 bits per heavy atom. The van der Waals surface area contributed by atoms with Crippen LogP contribution in [0, 0.1) is 19.8 Å². The molecule has 27 heavy (non-hydrogen) atoms. The fourth-order valence-electron chi connectivity index (χ4n) is 3.06. The van der Waals surface area contributed by atoms with Crippen LogP contribution < -0.4 is 15.8 Å². The standard InChI is InChI=1S/C20H20ClN3O3/c1-12-7-8-13(2)17(9-12)24-11-14(10-18(24)25)19(26)22-23-20(27)15-5-3-4-6-16(15)21/h3-9,14H,10-11H2,1-2H3,(H,22,26)(H,23,27)/t14-/m1/s1. The lowest BCUT2D eigenvalue weighted by Gasteiger charge is -2.19. The summed E-state index contributed by atoms with van der Waals surface area (Å²) in [5.74, 6) is -1.56. The summed E-state index contributed by atoms with van der Waals surface area (Å²) in [7, 11) is 0. The molecule has 0 radical (unpaired) electrons. The van der Waals surface area contributed by atoms with Gasteiger partial charge in [0.2, 0.25) is 11.8 Å². The molecule has 2 aromatic carbocycles. The molecule has 0 saturated carbocycles. The SMILES string of the molecule is Cc1ccc(C)c(N2C[C@H](C(=O)NNC(=O)c3ccccc3Cl)CC2=O)c1. The first-order valence-electron chi connectivity index (χ1n) is 8.59. The lowest BCUT2D eigenvalue weighted by Crippen LogP contribution is -2.45. The van der Waals surface area contributed by atoms with Crippen LogP contribution in [0.1, 0.15) is 27.9 Å². The van der Waals surface area contributed by atoms with Gasteiger partial charge in [-0.15, -0.1) is 0 Å². The fourth-order valence-corrected chi connectivity index (χ4v) is 3.28. The zero-order chi connectivity index (χ0) is 19.6. The Hall–Kier alpha value is -2.86. The van der Waals surface area contributed by atoms with Crippen LogP contribution in [0.2, 0.25) is 5.02 Å². The van der Waals surface area contributed by atoms with Crippen molar-refractivity contribution in [2.75, 3.05) is 11.4 Å². The Balaban J connectivity index is 1.63. The average molecular weight is 386 g/mol. The Labute approximate surface area is 162 Å². The number of hydrogen-bond acceptors (Lipinski definition) is 3. The van der Waals surface area contributed by atoms with Crippen LogP contribution in [0.3, 0.4) is 0 Å². The zero-order valence-electron chi connectivity index (χ0n) is 15.1. The van der Waals surface area contributed by atoms with Crippen LogP contribution >= 0.6 is 11.6 Å². The maximum atomic E-state index is 12.4. The molecule has 6 nitrogen and oxygen atoms in total. The number of carbonyl (C=O) groups excluding carboxylic acids is 3. The molecule has 2 N–H and O–H groups in total. The minimum Gasteiger partial charge on any atom is -0.311 e. The first kappa shape index (κ1) is 18.9. The van der Waals surface area contributed by atoms with Crippen molar-refractivity contribution < 1.29 is 14.4 Å². The number of rotatable bonds is 3. The number of aryl methyl sites for hydroxylation is 2. The third kappa shape index (κ3) is 4.11. The normalized spacial score (nSPS) is 16.3. The topological polar surface area (TPSA) is 78.5 Å². The molecular weight excluding hydrogens is 366 g/mol. The predicted octanol–water partition coefficient (Wildman–Crippen LogP) is 2.77. The molecule has 3 amide bonds. The van der Waals surface area contributed by atoms with Crippen LogP contribution in [-0.2, 0) is 9.59 Å². The van der Waals surface area contributed by atoms with Gasteiger partial charge in [0.25, 0.3) is 5.91 Å². The van der Waals surface area contributed by atoms with Gasteiger partial charge in [0.1, 0.15) is 0 Å². The Bertz CT molecular complexity index is 913. The summed E-state index contributed by atoms with van der Waals surface area (Å²) < 4.78 is 0. The highest BCUT2D eigenvalue weighted by Crippen LogP contribution is 2.28. The van der Waals surface area contributed by atoms with E-state index in [9.17, 15) is 14.4 Å². The maximum Gasteiger partial charge on any atom is 0.271 e. The van der Waals surface area contributed by atoms with Crippen molar-refractivity contribution in [3.05, 3.63) is 64.2 Å². The molecule has 0 spiro atoms. The van der Waals surface area contributed by atoms with E-state index in [1.54, 1.807) is 29.2 Å². The first-order valence-corrected chi connectivity index (χ1v) is 8.97. The van der Waals surface area contributed by atoms with Crippen LogP contribution in [0.15, 0.2) is 42.5 Å². The van der Waals surface area contributed by atoms with Crippen molar-refractivity contribution in [3.8, 4) is 0 Å². The maximum absolute atomic E-state index is 12.4. The second kappa shape index (κ2) is 7.80. The Morgan fingerprint density at radius 3 is 2.59 bits per heavy atom. The van der Waals surface area contributed by atoms with Crippen LogP contribution in [0.5, 0.6) is 0 Å². The van der Waals surface area contributed by atoms with E-state index in [0.717, 1.165) is 16.8 Å². The first-order chi connectivity index (χ1) is 12.9. The average Bonchev–Trinajstić information content (AvgIpc) is 3.03. The van der Waals surface area contributed by atoms with Gasteiger partial charge in [-0.25, -0.2) is 0 Å². The predicted molar refractivity (Wildman–Crippen MR) is 103 cm³/mol. The summed E-state index contributed by atoms with van der Waals surface area (Å²) >= 11 is 5.97. The molecule has 0 aliphatic carbocycles. The third-order valence-electron chi connectivity index (χ3n) is 4.57. The lowest BCUT2D eigenvalue weighted by atomic mass is 10.1. The molecule has 1 saturated heterocycles. The van der Waals surface area contributed by atoms with Crippen molar-refractivity contribution >= 4 is 35.0 Å². The molecule has 140 valence electrons. The summed E-state index contributed by atoms with van der Waals surface area (Å²) in [4.78, 5) is 38.6. The van der Waals surface area contributed by atoms with E-state index in [1.807, 2.05) is 32.0 Å². The van der Waals surface area contributed by atoms with Crippen molar-refractivity contribution in [2.24, 2.45) is 5.92 Å². The second-order valence-electron chi connectivity index (χ2n) is 6.62. The van der Waals surface area contributed by atoms with E-state index in [2.05, 4.69) is 10.9 Å². The van der Waals surface area contributed by atoms with Gasteiger partial charge in [-0.05, 0) is 43.2 Å². The highest BCUT2D eigenvalue weighted by Gasteiger charge is 2.35. The number of amides is 3. The van der Waals surface area contributed by atoms with Gasteiger partial charge in [0.15, 0.2) is 0 Å². The Kier molecular flexibility index (Phi) is 5.46. The van der Waals surface area contributed by atoms with E-state index in [-0.39, 0.29) is 24.4 Å². The number of hydrazine groups is 1. The fraction of sp³-hybridized carbons (Fsp3) is 0.250. The summed E-state index contributed by atoms with van der Waals surface area (Å²) in [6.45, 7) is 4.16. The van der Waals surface area contributed by atoms with Gasteiger partial charge in [0, 0.05) is 18.7 Å². The minimum absolute atomic E-state index is 0.0984. The van der Waals surface area contributed by atoms with Gasteiger partial charge in [-0.1, -0.05) is 35.9 Å². The van der Waals surface area contributed by atoms with Crippen LogP contribution in [0.25, 0.3) is 0 Å². The largest absolute Gasteiger partial charge is 0.311 e. The van der Waals surface area contributed by atoms with Gasteiger partial charge in [-0.3, -0.25) is 25.2 Å². The van der Waals surface area contributed by atoms with Gasteiger partial charge >= 0.3 is 0 Å². The third-order valence-corrected chi connectivity index (χ3v) is 4.90. The van der Waals surface area contributed by atoms with Gasteiger partial charge < -0.3 is 4.90 Å². The van der Waals surface area contributed by atoms with Crippen LogP contribution in [0.4, 0.5) is 5.69 Å². The number of halogens is 1. The minimum atomic E-state index is -0.538. The number of benzene rings is 2. The molecule has 2 aromatic rings. The quantitative estimate of drug-likeness (QED) is 0.797. The number of nitrogens with zero attached hydrogens (tertiary/aromatic N) is 1. The van der Waals surface area contributed by atoms with E-state index in [4.69, 9.17) is 11.6 Å². The Morgan fingerprint density at radius 1 is 1.11 bits per heavy atom. The van der Waals surface area contributed by atoms with Crippen molar-refractivity contribution in [1.29, 1.82) is 0 Å². The molecule has 0 bridgehead atoms. The number of hydrogen-bond donors (Lipinski definition) is 2. The summed E-state index contributed by atoms with van der Waals surface area (Å²) in [5, 5.41) is 0.293. The van der Waals surface area contributed by atoms with Crippen molar-refractivity contribution in [2.45, 2.75) is 20.3 Å². The molecule has 3 rings (SSSR count). The van der Waals surface area contributed by atoms with E-state index >= 15 is 0 Å². The summed E-state index contributed by atoms with van der Waals surface area (Å²) in [5.41, 5.74) is 7.84. The highest BCUT2D eigenvalue weighted by molar-refractivity contribution is 6.33. The van der Waals surface area contributed by atoms with E-state index < -0.39 is 17.7 Å². The molecule has 0 unspecified atom stereocenters. The zero-order valence-corrected chi connectivity index (χ0v) is 15.8. The van der Waals surface area contributed by atoms with Crippen LogP contribution in [-0.4, -0.2) is 24.3 Å². The van der Waals surface area contributed by atoms with Gasteiger partial charge in [-0.2, -0.15) is 0 Å². The lowest BCUT2D eigenvalue weighted by molar-refractivity contribution is -0.126. The number of carbonyl (C=O) groups is 3. The molecule has 1 aliphatic rings. The molecule has 1 heterocycles. The summed E-state index contributed by atoms with van der Waals surface area (Å²) in [6, 6.07) is 12.4. The monoisotopic (exact) mass is 385 g/mol. The number of anilines is 1. The molecular formula is C20H20ClN3O3. The summed E-state index contributed by atoms with van der Waals surface area (Å²) in [6.07, 6.45) is 0.0984. The molecule has 0 aromatic heterocycles. The van der Waals surface area contributed by atoms with Crippen molar-refractivity contribution in [3.63, 3.8) is 0 Å².